The Kier molecular flexibility index (Phi) is 9.14. The number of fused-ring (bicyclic) bond motifs is 1. The number of aromatic amines is 1. The van der Waals surface area contributed by atoms with Crippen molar-refractivity contribution in [2.45, 2.75) is 25.6 Å². The van der Waals surface area contributed by atoms with Gasteiger partial charge < -0.3 is 25.6 Å². The summed E-state index contributed by atoms with van der Waals surface area (Å²) < 4.78 is 42.8. The van der Waals surface area contributed by atoms with E-state index >= 15 is 0 Å². The number of anilines is 2. The van der Waals surface area contributed by atoms with E-state index in [0.717, 1.165) is 22.2 Å². The largest absolute Gasteiger partial charge is 0.493 e. The molecule has 4 rings (SSSR count). The van der Waals surface area contributed by atoms with E-state index < -0.39 is 24.2 Å². The first kappa shape index (κ1) is 29.0. The van der Waals surface area contributed by atoms with Crippen LogP contribution in [0.2, 0.25) is 0 Å². The van der Waals surface area contributed by atoms with Crippen LogP contribution in [0.5, 0.6) is 0 Å². The summed E-state index contributed by atoms with van der Waals surface area (Å²) in [5.74, 6) is -3.26. The zero-order valence-corrected chi connectivity index (χ0v) is 21.8. The van der Waals surface area contributed by atoms with Crippen LogP contribution < -0.4 is 16.1 Å². The summed E-state index contributed by atoms with van der Waals surface area (Å²) in [6, 6.07) is 11.1. The van der Waals surface area contributed by atoms with Crippen LogP contribution in [0.3, 0.4) is 0 Å². The van der Waals surface area contributed by atoms with E-state index in [1.807, 2.05) is 36.5 Å². The van der Waals surface area contributed by atoms with Crippen molar-refractivity contribution in [1.29, 1.82) is 0 Å². The molecule has 11 nitrogen and oxygen atoms in total. The Labute approximate surface area is 232 Å². The molecule has 1 aromatic carbocycles. The molecule has 0 radical (unpaired) electrons. The topological polar surface area (TPSA) is 148 Å². The molecule has 0 saturated carbocycles. The number of amides is 1. The monoisotopic (exact) mass is 569 g/mol. The number of aromatic nitrogens is 4. The number of pyridine rings is 1. The summed E-state index contributed by atoms with van der Waals surface area (Å²) in [7, 11) is 0. The predicted octanol–water partition coefficient (Wildman–Crippen LogP) is 4.49. The summed E-state index contributed by atoms with van der Waals surface area (Å²) in [6.07, 6.45) is 3.46. The zero-order chi connectivity index (χ0) is 29.4. The van der Waals surface area contributed by atoms with Crippen LogP contribution in [-0.4, -0.2) is 57.4 Å². The van der Waals surface area contributed by atoms with Gasteiger partial charge in [0.05, 0.1) is 18.0 Å². The molecular formula is C27H26F3N7O4. The number of ether oxygens (including phenoxy) is 1. The number of alkyl halides is 3. The fourth-order valence-electron chi connectivity index (χ4n) is 3.76. The molecule has 0 unspecified atom stereocenters. The Bertz CT molecular complexity index is 1540. The second-order valence-corrected chi connectivity index (χ2v) is 8.70. The number of hydrogen-bond acceptors (Lipinski definition) is 9. The molecule has 3 heterocycles. The molecule has 41 heavy (non-hydrogen) atoms. The van der Waals surface area contributed by atoms with Gasteiger partial charge in [-0.3, -0.25) is 4.98 Å². The molecule has 4 aromatic rings. The normalized spacial score (nSPS) is 12.3. The van der Waals surface area contributed by atoms with E-state index in [1.165, 1.54) is 25.3 Å². The Hall–Kier alpha value is -4.98. The first-order valence-corrected chi connectivity index (χ1v) is 12.4. The number of hydrogen-bond donors (Lipinski definition) is 3. The standard InChI is InChI=1S/C27H26F3N7O4/c1-2-40-26(39)37(41-24(38)27(28,29)30)25-33-10-9-20(36-25)8-7-17-11-21(16-32-13-17)34-15-19(31)12-18-14-35-23-6-4-3-5-22(18)23/h3-11,13-14,16,19,34-35H,2,12,15,31H2,1H3/b8-7+/t19-/m1/s1. The van der Waals surface area contributed by atoms with Gasteiger partial charge in [0.2, 0.25) is 0 Å². The highest BCUT2D eigenvalue weighted by atomic mass is 19.4. The smallest absolute Gasteiger partial charge is 0.447 e. The Morgan fingerprint density at radius 3 is 2.78 bits per heavy atom. The minimum absolute atomic E-state index is 0.0533. The highest BCUT2D eigenvalue weighted by molar-refractivity contribution is 5.87. The third kappa shape index (κ3) is 7.79. The van der Waals surface area contributed by atoms with Crippen molar-refractivity contribution in [2.75, 3.05) is 23.5 Å². The highest BCUT2D eigenvalue weighted by Crippen LogP contribution is 2.21. The average molecular weight is 570 g/mol. The molecule has 214 valence electrons. The van der Waals surface area contributed by atoms with Gasteiger partial charge in [0, 0.05) is 48.3 Å². The number of benzene rings is 1. The van der Waals surface area contributed by atoms with Gasteiger partial charge in [-0.05, 0) is 48.7 Å². The maximum atomic E-state index is 12.7. The number of rotatable bonds is 9. The Morgan fingerprint density at radius 2 is 2.00 bits per heavy atom. The number of nitrogens with two attached hydrogens (primary N) is 1. The lowest BCUT2D eigenvalue weighted by atomic mass is 10.1. The van der Waals surface area contributed by atoms with Crippen molar-refractivity contribution >= 4 is 46.8 Å². The van der Waals surface area contributed by atoms with Crippen LogP contribution in [-0.2, 0) is 20.8 Å². The Balaban J connectivity index is 1.41. The molecule has 1 atom stereocenters. The van der Waals surface area contributed by atoms with Crippen molar-refractivity contribution in [3.05, 3.63) is 78.0 Å². The lowest BCUT2D eigenvalue weighted by molar-refractivity contribution is -0.200. The van der Waals surface area contributed by atoms with Crippen molar-refractivity contribution < 1.29 is 32.3 Å². The highest BCUT2D eigenvalue weighted by Gasteiger charge is 2.44. The molecule has 0 aliphatic rings. The average Bonchev–Trinajstić information content (AvgIpc) is 3.36. The van der Waals surface area contributed by atoms with E-state index in [-0.39, 0.29) is 23.4 Å². The Morgan fingerprint density at radius 1 is 1.20 bits per heavy atom. The van der Waals surface area contributed by atoms with Gasteiger partial charge in [0.15, 0.2) is 0 Å². The molecule has 0 aliphatic carbocycles. The lowest BCUT2D eigenvalue weighted by Gasteiger charge is -2.18. The molecule has 3 aromatic heterocycles. The summed E-state index contributed by atoms with van der Waals surface area (Å²) in [6.45, 7) is 1.73. The van der Waals surface area contributed by atoms with E-state index in [0.29, 0.717) is 18.5 Å². The molecule has 0 bridgehead atoms. The van der Waals surface area contributed by atoms with Crippen molar-refractivity contribution in [1.82, 2.24) is 19.9 Å². The van der Waals surface area contributed by atoms with E-state index in [9.17, 15) is 22.8 Å². The van der Waals surface area contributed by atoms with Gasteiger partial charge in [-0.15, -0.1) is 0 Å². The molecular weight excluding hydrogens is 543 g/mol. The lowest BCUT2D eigenvalue weighted by Crippen LogP contribution is -2.40. The molecule has 4 N–H and O–H groups in total. The number of H-pyrrole nitrogens is 1. The number of nitrogens with one attached hydrogen (secondary N) is 2. The fraction of sp³-hybridized carbons (Fsp3) is 0.222. The number of carbonyl (C=O) groups is 2. The number of para-hydroxylation sites is 1. The minimum atomic E-state index is -5.35. The van der Waals surface area contributed by atoms with Crippen molar-refractivity contribution in [3.8, 4) is 0 Å². The van der Waals surface area contributed by atoms with Crippen LogP contribution in [0.15, 0.2) is 61.2 Å². The predicted molar refractivity (Wildman–Crippen MR) is 145 cm³/mol. The number of halogens is 3. The first-order chi connectivity index (χ1) is 19.6. The fourth-order valence-corrected chi connectivity index (χ4v) is 3.76. The number of carbonyl (C=O) groups excluding carboxylic acids is 2. The van der Waals surface area contributed by atoms with Gasteiger partial charge in [-0.2, -0.15) is 13.2 Å². The van der Waals surface area contributed by atoms with Gasteiger partial charge in [0.25, 0.3) is 5.95 Å². The second-order valence-electron chi connectivity index (χ2n) is 8.70. The maximum Gasteiger partial charge on any atom is 0.493 e. The quantitative estimate of drug-likeness (QED) is 0.248. The van der Waals surface area contributed by atoms with Gasteiger partial charge in [-0.25, -0.2) is 19.6 Å². The molecule has 0 saturated heterocycles. The number of hydroxylamine groups is 1. The van der Waals surface area contributed by atoms with Crippen LogP contribution in [0, 0.1) is 0 Å². The van der Waals surface area contributed by atoms with Crippen molar-refractivity contribution in [3.63, 3.8) is 0 Å². The van der Waals surface area contributed by atoms with Crippen LogP contribution >= 0.6 is 0 Å². The SMILES string of the molecule is CCOC(=O)N(OC(=O)C(F)(F)F)c1nccc(/C=C/c2cncc(NC[C@H](N)Cc3c[nH]c4ccccc34)c2)n1. The second kappa shape index (κ2) is 12.9. The van der Waals surface area contributed by atoms with Crippen LogP contribution in [0.4, 0.5) is 29.6 Å². The summed E-state index contributed by atoms with van der Waals surface area (Å²) in [4.78, 5) is 42.8. The zero-order valence-electron chi connectivity index (χ0n) is 21.8. The number of nitrogens with zero attached hydrogens (tertiary/aromatic N) is 4. The molecule has 14 heteroatoms. The molecule has 0 aliphatic heterocycles. The van der Waals surface area contributed by atoms with Gasteiger partial charge in [0.1, 0.15) is 0 Å². The third-order valence-corrected chi connectivity index (χ3v) is 5.62. The molecule has 0 spiro atoms. The van der Waals surface area contributed by atoms with Gasteiger partial charge >= 0.3 is 18.2 Å². The third-order valence-electron chi connectivity index (χ3n) is 5.62. The van der Waals surface area contributed by atoms with Crippen LogP contribution in [0.1, 0.15) is 23.7 Å². The van der Waals surface area contributed by atoms with E-state index in [2.05, 4.69) is 34.8 Å². The van der Waals surface area contributed by atoms with Crippen LogP contribution in [0.25, 0.3) is 23.1 Å². The molecule has 1 amide bonds. The minimum Gasteiger partial charge on any atom is -0.447 e. The van der Waals surface area contributed by atoms with E-state index in [1.54, 1.807) is 18.5 Å². The van der Waals surface area contributed by atoms with Crippen molar-refractivity contribution in [2.24, 2.45) is 5.73 Å². The summed E-state index contributed by atoms with van der Waals surface area (Å²) in [5.41, 5.74) is 10.1. The van der Waals surface area contributed by atoms with Gasteiger partial charge in [-0.1, -0.05) is 29.3 Å². The first-order valence-electron chi connectivity index (χ1n) is 12.4. The summed E-state index contributed by atoms with van der Waals surface area (Å²) >= 11 is 0. The maximum absolute atomic E-state index is 12.7. The van der Waals surface area contributed by atoms with E-state index in [4.69, 9.17) is 5.73 Å². The molecule has 0 fully saturated rings. The summed E-state index contributed by atoms with van der Waals surface area (Å²) in [5, 5.41) is 4.35.